The summed E-state index contributed by atoms with van der Waals surface area (Å²) in [6.45, 7) is 16.2. The Hall–Kier alpha value is -7.18. The SMILES string of the molecule is Cc1c(N(C(=O)c2cc(-c3cc4c(cc3C(=O)N3Cc5ccccc5C[C@H]3CN3CCCCC3)CN(C(=O)Cc3ccc(OC(C)(C)CN5CCOCC5)cc3)CC4)n(C)c2C)c2ccc(O)cc2)cc(C#N)n1C. The van der Waals surface area contributed by atoms with Crippen LogP contribution in [0.25, 0.3) is 11.3 Å². The molecule has 4 aliphatic heterocycles. The first-order valence-electron chi connectivity index (χ1n) is 26.6. The predicted octanol–water partition coefficient (Wildman–Crippen LogP) is 8.87. The Balaban J connectivity index is 0.986. The zero-order valence-electron chi connectivity index (χ0n) is 44.4. The van der Waals surface area contributed by atoms with E-state index in [4.69, 9.17) is 9.47 Å². The number of ether oxygens (including phenoxy) is 2. The molecule has 6 heterocycles. The van der Waals surface area contributed by atoms with Gasteiger partial charge >= 0.3 is 0 Å². The third-order valence-corrected chi connectivity index (χ3v) is 16.1. The van der Waals surface area contributed by atoms with Crippen LogP contribution >= 0.6 is 0 Å². The summed E-state index contributed by atoms with van der Waals surface area (Å²) in [6, 6.07) is 32.7. The predicted molar refractivity (Wildman–Crippen MR) is 290 cm³/mol. The standard InChI is InChI=1S/C61H70N8O6/c1-41-53(60(73)69(48-16-18-51(70)19-17-48)56-34-49(36-62)63(5)42(56)2)35-57(64(41)6)54-32-45-22-25-67(58(71)30-43-14-20-52(21-15-43)75-61(3,4)40-66-26-28-74-29-27-66)37-47(45)33-55(54)59(72)68-38-46-13-9-8-12-44(46)31-50(68)39-65-23-10-7-11-24-65/h8-9,12-21,32-35,50,70H,7,10-11,22-31,37-40H2,1-6H3/t50-/m0/s1. The van der Waals surface area contributed by atoms with E-state index in [1.165, 1.54) is 12.0 Å². The number of aromatic hydroxyl groups is 1. The summed E-state index contributed by atoms with van der Waals surface area (Å²) in [4.78, 5) is 55.8. The Bertz CT molecular complexity index is 3140. The van der Waals surface area contributed by atoms with E-state index in [1.807, 2.05) is 72.8 Å². The molecule has 390 valence electrons. The maximum Gasteiger partial charge on any atom is 0.264 e. The minimum Gasteiger partial charge on any atom is -0.508 e. The van der Waals surface area contributed by atoms with E-state index in [2.05, 4.69) is 58.9 Å². The van der Waals surface area contributed by atoms with Crippen molar-refractivity contribution in [3.63, 3.8) is 0 Å². The molecule has 0 saturated carbocycles. The highest BCUT2D eigenvalue weighted by molar-refractivity contribution is 6.13. The zero-order valence-corrected chi connectivity index (χ0v) is 44.4. The first-order valence-corrected chi connectivity index (χ1v) is 26.6. The number of carbonyl (C=O) groups is 3. The lowest BCUT2D eigenvalue weighted by molar-refractivity contribution is -0.131. The average Bonchev–Trinajstić information content (AvgIpc) is 3.89. The molecule has 1 N–H and O–H groups in total. The Morgan fingerprint density at radius 2 is 1.49 bits per heavy atom. The summed E-state index contributed by atoms with van der Waals surface area (Å²) < 4.78 is 15.7. The Morgan fingerprint density at radius 3 is 2.20 bits per heavy atom. The van der Waals surface area contributed by atoms with E-state index < -0.39 is 5.60 Å². The van der Waals surface area contributed by atoms with Crippen LogP contribution in [0.15, 0.2) is 97.1 Å². The topological polar surface area (TPSA) is 140 Å². The Labute approximate surface area is 441 Å². The lowest BCUT2D eigenvalue weighted by atomic mass is 9.89. The van der Waals surface area contributed by atoms with Crippen LogP contribution in [0.5, 0.6) is 11.5 Å². The van der Waals surface area contributed by atoms with E-state index in [0.29, 0.717) is 59.9 Å². The van der Waals surface area contributed by atoms with Gasteiger partial charge in [-0.15, -0.1) is 0 Å². The first kappa shape index (κ1) is 51.3. The van der Waals surface area contributed by atoms with Crippen molar-refractivity contribution in [2.75, 3.05) is 63.9 Å². The van der Waals surface area contributed by atoms with Crippen LogP contribution in [-0.4, -0.2) is 122 Å². The molecule has 2 saturated heterocycles. The molecule has 2 fully saturated rings. The van der Waals surface area contributed by atoms with Gasteiger partial charge in [-0.2, -0.15) is 5.26 Å². The fourth-order valence-electron chi connectivity index (χ4n) is 11.7. The van der Waals surface area contributed by atoms with Crippen LogP contribution in [0.3, 0.4) is 0 Å². The number of carbonyl (C=O) groups excluding carboxylic acids is 3. The number of nitrogens with zero attached hydrogens (tertiary/aromatic N) is 8. The van der Waals surface area contributed by atoms with Crippen LogP contribution in [0.2, 0.25) is 0 Å². The minimum atomic E-state index is -0.400. The normalized spacial score (nSPS) is 17.3. The van der Waals surface area contributed by atoms with Crippen LogP contribution in [0.4, 0.5) is 11.4 Å². The molecule has 1 atom stereocenters. The summed E-state index contributed by atoms with van der Waals surface area (Å²) in [5.74, 6) is 0.449. The van der Waals surface area contributed by atoms with Gasteiger partial charge in [0.1, 0.15) is 28.9 Å². The van der Waals surface area contributed by atoms with Crippen molar-refractivity contribution in [1.82, 2.24) is 28.7 Å². The second-order valence-electron chi connectivity index (χ2n) is 21.6. The number of amides is 3. The summed E-state index contributed by atoms with van der Waals surface area (Å²) in [5, 5.41) is 20.3. The van der Waals surface area contributed by atoms with Crippen LogP contribution in [0.1, 0.15) is 98.7 Å². The molecule has 0 radical (unpaired) electrons. The van der Waals surface area contributed by atoms with Gasteiger partial charge < -0.3 is 38.4 Å². The van der Waals surface area contributed by atoms with Crippen molar-refractivity contribution in [2.45, 2.75) is 91.0 Å². The quantitative estimate of drug-likeness (QED) is 0.120. The van der Waals surface area contributed by atoms with Crippen LogP contribution in [0, 0.1) is 25.2 Å². The number of anilines is 2. The van der Waals surface area contributed by atoms with Crippen molar-refractivity contribution in [3.05, 3.63) is 153 Å². The molecule has 6 aromatic rings. The number of rotatable bonds is 13. The average molecular weight is 1010 g/mol. The summed E-state index contributed by atoms with van der Waals surface area (Å²) >= 11 is 0. The maximum atomic E-state index is 15.8. The lowest BCUT2D eigenvalue weighted by Gasteiger charge is -2.41. The van der Waals surface area contributed by atoms with Crippen molar-refractivity contribution in [3.8, 4) is 28.8 Å². The van der Waals surface area contributed by atoms with E-state index in [9.17, 15) is 15.2 Å². The molecule has 0 unspecified atom stereocenters. The van der Waals surface area contributed by atoms with Crippen molar-refractivity contribution < 1.29 is 29.0 Å². The lowest BCUT2D eigenvalue weighted by Crippen LogP contribution is -2.51. The van der Waals surface area contributed by atoms with E-state index in [0.717, 1.165) is 117 Å². The molecule has 0 aliphatic carbocycles. The molecular formula is C61H70N8O6. The molecule has 75 heavy (non-hydrogen) atoms. The number of hydrogen-bond acceptors (Lipinski definition) is 9. The third-order valence-electron chi connectivity index (χ3n) is 16.1. The Morgan fingerprint density at radius 1 is 0.773 bits per heavy atom. The van der Waals surface area contributed by atoms with Crippen molar-refractivity contribution in [2.24, 2.45) is 14.1 Å². The van der Waals surface area contributed by atoms with Gasteiger partial charge in [0, 0.05) is 99.8 Å². The molecule has 0 spiro atoms. The molecule has 4 aromatic carbocycles. The monoisotopic (exact) mass is 1010 g/mol. The second-order valence-corrected chi connectivity index (χ2v) is 21.6. The fourth-order valence-corrected chi connectivity index (χ4v) is 11.7. The maximum absolute atomic E-state index is 15.8. The molecule has 14 heteroatoms. The number of morpholine rings is 1. The number of nitriles is 1. The van der Waals surface area contributed by atoms with Gasteiger partial charge in [-0.25, -0.2) is 0 Å². The summed E-state index contributed by atoms with van der Waals surface area (Å²) in [6.07, 6.45) is 5.11. The number of phenols is 1. The highest BCUT2D eigenvalue weighted by Crippen LogP contribution is 2.39. The number of aromatic nitrogens is 2. The molecule has 14 nitrogen and oxygen atoms in total. The number of hydrogen-bond donors (Lipinski definition) is 1. The van der Waals surface area contributed by atoms with Gasteiger partial charge in [0.2, 0.25) is 5.91 Å². The van der Waals surface area contributed by atoms with Crippen LogP contribution in [-0.2, 0) is 56.0 Å². The second kappa shape index (κ2) is 21.6. The van der Waals surface area contributed by atoms with Crippen molar-refractivity contribution in [1.29, 1.82) is 5.26 Å². The van der Waals surface area contributed by atoms with Gasteiger partial charge in [0.15, 0.2) is 0 Å². The minimum absolute atomic E-state index is 0.0168. The van der Waals surface area contributed by atoms with E-state index >= 15 is 9.59 Å². The van der Waals surface area contributed by atoms with Gasteiger partial charge in [-0.3, -0.25) is 24.2 Å². The highest BCUT2D eigenvalue weighted by atomic mass is 16.5. The zero-order chi connectivity index (χ0) is 52.5. The number of benzene rings is 4. The molecule has 10 rings (SSSR count). The highest BCUT2D eigenvalue weighted by Gasteiger charge is 2.36. The number of fused-ring (bicyclic) bond motifs is 2. The molecule has 2 aromatic heterocycles. The smallest absolute Gasteiger partial charge is 0.264 e. The van der Waals surface area contributed by atoms with E-state index in [1.54, 1.807) is 46.8 Å². The largest absolute Gasteiger partial charge is 0.508 e. The Kier molecular flexibility index (Phi) is 14.8. The van der Waals surface area contributed by atoms with Gasteiger partial charge in [0.25, 0.3) is 11.8 Å². The number of phenolic OH excluding ortho intramolecular Hbond substituents is 1. The van der Waals surface area contributed by atoms with E-state index in [-0.39, 0.29) is 35.9 Å². The molecule has 3 amide bonds. The summed E-state index contributed by atoms with van der Waals surface area (Å²) in [7, 11) is 3.73. The van der Waals surface area contributed by atoms with Gasteiger partial charge in [-0.05, 0) is 155 Å². The van der Waals surface area contributed by atoms with Crippen molar-refractivity contribution >= 4 is 29.1 Å². The number of likely N-dealkylation sites (tertiary alicyclic amines) is 1. The van der Waals surface area contributed by atoms with Crippen LogP contribution < -0.4 is 9.64 Å². The number of piperidine rings is 1. The first-order chi connectivity index (χ1) is 36.1. The molecular weight excluding hydrogens is 941 g/mol. The van der Waals surface area contributed by atoms with Gasteiger partial charge in [-0.1, -0.05) is 42.8 Å². The fraction of sp³-hybridized carbons (Fsp3) is 0.410. The molecule has 4 aliphatic rings. The third kappa shape index (κ3) is 10.9. The summed E-state index contributed by atoms with van der Waals surface area (Å²) in [5.41, 5.74) is 10.2. The molecule has 0 bridgehead atoms. The van der Waals surface area contributed by atoms with Gasteiger partial charge in [0.05, 0.1) is 30.9 Å².